The number of alkyl carbamates (subject to hydrolysis) is 1. The SMILES string of the molecule is Cc1ncc([N+](=O)[O-])n1CCOC(=O)N[C@H](Nc1ccc(Cl)cc1)C(Cl)(Cl)Cl. The molecule has 1 atom stereocenters. The van der Waals surface area contributed by atoms with Gasteiger partial charge < -0.3 is 20.2 Å². The van der Waals surface area contributed by atoms with Crippen molar-refractivity contribution in [2.75, 3.05) is 11.9 Å². The molecule has 2 aromatic rings. The van der Waals surface area contributed by atoms with E-state index in [0.717, 1.165) is 6.20 Å². The second kappa shape index (κ2) is 9.51. The number of imidazole rings is 1. The molecule has 2 rings (SSSR count). The van der Waals surface area contributed by atoms with E-state index in [1.54, 1.807) is 31.2 Å². The highest BCUT2D eigenvalue weighted by Gasteiger charge is 2.34. The third-order valence-corrected chi connectivity index (χ3v) is 4.42. The Morgan fingerprint density at radius 1 is 1.36 bits per heavy atom. The minimum atomic E-state index is -1.89. The maximum atomic E-state index is 12.0. The topological polar surface area (TPSA) is 111 Å². The van der Waals surface area contributed by atoms with E-state index in [1.807, 2.05) is 0 Å². The molecule has 1 aromatic heterocycles. The Hall–Kier alpha value is -1.94. The molecule has 0 saturated carbocycles. The fourth-order valence-corrected chi connectivity index (χ4v) is 2.63. The zero-order valence-corrected chi connectivity index (χ0v) is 17.4. The number of nitrogens with one attached hydrogen (secondary N) is 2. The van der Waals surface area contributed by atoms with Gasteiger partial charge in [-0.15, -0.1) is 0 Å². The number of aromatic nitrogens is 2. The van der Waals surface area contributed by atoms with Gasteiger partial charge in [-0.2, -0.15) is 0 Å². The van der Waals surface area contributed by atoms with Gasteiger partial charge in [0, 0.05) is 17.6 Å². The number of rotatable bonds is 7. The first-order valence-electron chi connectivity index (χ1n) is 7.76. The molecule has 0 aliphatic carbocycles. The van der Waals surface area contributed by atoms with Crippen molar-refractivity contribution in [3.8, 4) is 0 Å². The molecule has 1 aromatic carbocycles. The first-order chi connectivity index (χ1) is 13.1. The Morgan fingerprint density at radius 2 is 2.00 bits per heavy atom. The first-order valence-corrected chi connectivity index (χ1v) is 9.27. The van der Waals surface area contributed by atoms with E-state index in [-0.39, 0.29) is 19.0 Å². The summed E-state index contributed by atoms with van der Waals surface area (Å²) in [5.74, 6) is 0.212. The summed E-state index contributed by atoms with van der Waals surface area (Å²) in [6.45, 7) is 1.48. The molecule has 152 valence electrons. The van der Waals surface area contributed by atoms with Crippen LogP contribution in [0, 0.1) is 17.0 Å². The zero-order chi connectivity index (χ0) is 20.9. The third kappa shape index (κ3) is 6.30. The van der Waals surface area contributed by atoms with Crippen LogP contribution < -0.4 is 10.6 Å². The van der Waals surface area contributed by atoms with Gasteiger partial charge in [0.25, 0.3) is 0 Å². The van der Waals surface area contributed by atoms with Gasteiger partial charge in [0.05, 0.1) is 0 Å². The van der Waals surface area contributed by atoms with Crippen LogP contribution in [0.3, 0.4) is 0 Å². The van der Waals surface area contributed by atoms with Crippen LogP contribution in [0.2, 0.25) is 5.02 Å². The number of hydrogen-bond acceptors (Lipinski definition) is 6. The maximum Gasteiger partial charge on any atom is 0.409 e. The molecule has 0 fully saturated rings. The minimum absolute atomic E-state index is 0.0403. The highest BCUT2D eigenvalue weighted by molar-refractivity contribution is 6.68. The Kier molecular flexibility index (Phi) is 7.59. The second-order valence-corrected chi connectivity index (χ2v) is 8.28. The van der Waals surface area contributed by atoms with E-state index in [4.69, 9.17) is 51.1 Å². The van der Waals surface area contributed by atoms with Gasteiger partial charge in [-0.3, -0.25) is 5.32 Å². The molecule has 0 spiro atoms. The highest BCUT2D eigenvalue weighted by Crippen LogP contribution is 2.31. The number of alkyl halides is 3. The van der Waals surface area contributed by atoms with Crippen LogP contribution in [-0.2, 0) is 11.3 Å². The lowest BCUT2D eigenvalue weighted by atomic mass is 10.3. The van der Waals surface area contributed by atoms with Gasteiger partial charge in [-0.1, -0.05) is 46.4 Å². The van der Waals surface area contributed by atoms with E-state index in [1.165, 1.54) is 4.57 Å². The Bertz CT molecular complexity index is 838. The fraction of sp³-hybridized carbons (Fsp3) is 0.333. The van der Waals surface area contributed by atoms with Gasteiger partial charge in [-0.05, 0) is 29.2 Å². The average Bonchev–Trinajstić information content (AvgIpc) is 2.96. The number of amides is 1. The summed E-state index contributed by atoms with van der Waals surface area (Å²) in [4.78, 5) is 26.3. The van der Waals surface area contributed by atoms with Gasteiger partial charge in [0.15, 0.2) is 5.82 Å². The second-order valence-electron chi connectivity index (χ2n) is 5.48. The lowest BCUT2D eigenvalue weighted by Gasteiger charge is -2.27. The number of carbonyl (C=O) groups excluding carboxylic acids is 1. The number of aryl methyl sites for hydroxylation is 1. The lowest BCUT2D eigenvalue weighted by molar-refractivity contribution is -0.392. The quantitative estimate of drug-likeness (QED) is 0.270. The van der Waals surface area contributed by atoms with Crippen LogP contribution in [0.4, 0.5) is 16.3 Å². The fourth-order valence-electron chi connectivity index (χ4n) is 2.18. The van der Waals surface area contributed by atoms with Crippen molar-refractivity contribution in [1.82, 2.24) is 14.9 Å². The molecule has 0 radical (unpaired) electrons. The Balaban J connectivity index is 1.94. The van der Waals surface area contributed by atoms with E-state index < -0.39 is 21.0 Å². The van der Waals surface area contributed by atoms with Crippen LogP contribution in [0.15, 0.2) is 30.5 Å². The Morgan fingerprint density at radius 3 is 2.57 bits per heavy atom. The maximum absolute atomic E-state index is 12.0. The smallest absolute Gasteiger partial charge is 0.409 e. The standard InChI is InChI=1S/C15H15Cl4N5O4/c1-9-20-8-12(24(26)27)23(9)6-7-28-14(25)22-13(15(17,18)19)21-11-4-2-10(16)3-5-11/h2-5,8,13,21H,6-7H2,1H3,(H,22,25)/t13-/m0/s1. The van der Waals surface area contributed by atoms with Crippen LogP contribution in [0.25, 0.3) is 0 Å². The molecule has 13 heteroatoms. The predicted octanol–water partition coefficient (Wildman–Crippen LogP) is 4.29. The third-order valence-electron chi connectivity index (χ3n) is 3.51. The summed E-state index contributed by atoms with van der Waals surface area (Å²) in [5.41, 5.74) is 0.547. The molecule has 0 aliphatic heterocycles. The number of nitro groups is 1. The van der Waals surface area contributed by atoms with Crippen molar-refractivity contribution in [3.63, 3.8) is 0 Å². The lowest BCUT2D eigenvalue weighted by Crippen LogP contribution is -2.49. The normalized spacial score (nSPS) is 12.3. The molecular formula is C15H15Cl4N5O4. The van der Waals surface area contributed by atoms with E-state index in [2.05, 4.69) is 15.6 Å². The van der Waals surface area contributed by atoms with Crippen molar-refractivity contribution in [3.05, 3.63) is 51.4 Å². The van der Waals surface area contributed by atoms with Gasteiger partial charge in [-0.25, -0.2) is 14.3 Å². The molecule has 0 saturated heterocycles. The Labute approximate surface area is 180 Å². The largest absolute Gasteiger partial charge is 0.445 e. The van der Waals surface area contributed by atoms with Crippen molar-refractivity contribution in [1.29, 1.82) is 0 Å². The van der Waals surface area contributed by atoms with Gasteiger partial charge in [0.1, 0.15) is 25.5 Å². The van der Waals surface area contributed by atoms with Crippen LogP contribution >= 0.6 is 46.4 Å². The first kappa shape index (κ1) is 22.4. The summed E-state index contributed by atoms with van der Waals surface area (Å²) in [7, 11) is 0. The highest BCUT2D eigenvalue weighted by atomic mass is 35.6. The van der Waals surface area contributed by atoms with E-state index >= 15 is 0 Å². The van der Waals surface area contributed by atoms with Crippen LogP contribution in [0.1, 0.15) is 5.82 Å². The minimum Gasteiger partial charge on any atom is -0.445 e. The molecule has 9 nitrogen and oxygen atoms in total. The van der Waals surface area contributed by atoms with Crippen molar-refractivity contribution in [2.24, 2.45) is 0 Å². The molecule has 1 amide bonds. The van der Waals surface area contributed by atoms with Gasteiger partial charge >= 0.3 is 11.9 Å². The van der Waals surface area contributed by atoms with E-state index in [0.29, 0.717) is 16.5 Å². The molecular weight excluding hydrogens is 456 g/mol. The molecule has 0 aliphatic rings. The molecule has 0 bridgehead atoms. The number of carbonyl (C=O) groups is 1. The van der Waals surface area contributed by atoms with E-state index in [9.17, 15) is 14.9 Å². The summed E-state index contributed by atoms with van der Waals surface area (Å²) in [6.07, 6.45) is -0.863. The summed E-state index contributed by atoms with van der Waals surface area (Å²) in [5, 5.41) is 16.7. The molecule has 1 heterocycles. The van der Waals surface area contributed by atoms with Crippen LogP contribution in [-0.4, -0.2) is 37.1 Å². The number of nitrogens with zero attached hydrogens (tertiary/aromatic N) is 3. The van der Waals surface area contributed by atoms with Crippen molar-refractivity contribution in [2.45, 2.75) is 23.4 Å². The number of hydrogen-bond donors (Lipinski definition) is 2. The summed E-state index contributed by atoms with van der Waals surface area (Å²) in [6, 6.07) is 6.52. The van der Waals surface area contributed by atoms with Crippen molar-refractivity contribution >= 4 is 64.0 Å². The summed E-state index contributed by atoms with van der Waals surface area (Å²) >= 11 is 23.5. The molecule has 28 heavy (non-hydrogen) atoms. The van der Waals surface area contributed by atoms with Crippen LogP contribution in [0.5, 0.6) is 0 Å². The number of benzene rings is 1. The molecule has 2 N–H and O–H groups in total. The molecule has 0 unspecified atom stereocenters. The number of anilines is 1. The number of ether oxygens (including phenoxy) is 1. The van der Waals surface area contributed by atoms with Crippen molar-refractivity contribution < 1.29 is 14.5 Å². The van der Waals surface area contributed by atoms with Gasteiger partial charge in [0.2, 0.25) is 3.79 Å². The monoisotopic (exact) mass is 469 g/mol. The number of halogens is 4. The summed E-state index contributed by atoms with van der Waals surface area (Å²) < 4.78 is 4.45. The average molecular weight is 471 g/mol. The zero-order valence-electron chi connectivity index (χ0n) is 14.4. The predicted molar refractivity (Wildman–Crippen MR) is 107 cm³/mol.